The molecule has 0 spiro atoms. The fraction of sp³-hybridized carbons (Fsp3) is 0.346. The van der Waals surface area contributed by atoms with Crippen LogP contribution in [0, 0.1) is 18.8 Å². The summed E-state index contributed by atoms with van der Waals surface area (Å²) in [7, 11) is 0. The molecule has 188 valence electrons. The highest BCUT2D eigenvalue weighted by Crippen LogP contribution is 2.49. The monoisotopic (exact) mass is 518 g/mol. The lowest BCUT2D eigenvalue weighted by molar-refractivity contribution is -0.140. The van der Waals surface area contributed by atoms with Crippen molar-refractivity contribution in [2.75, 3.05) is 5.32 Å². The molecule has 2 N–H and O–H groups in total. The second-order valence-electron chi connectivity index (χ2n) is 9.36. The van der Waals surface area contributed by atoms with Crippen LogP contribution in [0.3, 0.4) is 0 Å². The average Bonchev–Trinajstić information content (AvgIpc) is 3.75. The first-order valence-corrected chi connectivity index (χ1v) is 12.7. The number of rotatable bonds is 6. The Morgan fingerprint density at radius 2 is 1.95 bits per heavy atom. The summed E-state index contributed by atoms with van der Waals surface area (Å²) in [5, 5.41) is 12.3. The fourth-order valence-corrected chi connectivity index (χ4v) is 5.14. The van der Waals surface area contributed by atoms with Gasteiger partial charge in [-0.25, -0.2) is 4.79 Å². The molecule has 1 aromatic carbocycles. The Morgan fingerprint density at radius 1 is 1.19 bits per heavy atom. The van der Waals surface area contributed by atoms with E-state index in [1.54, 1.807) is 0 Å². The fourth-order valence-electron chi connectivity index (χ4n) is 4.19. The van der Waals surface area contributed by atoms with Crippen LogP contribution in [0.2, 0.25) is 0 Å². The van der Waals surface area contributed by atoms with E-state index in [4.69, 9.17) is 13.6 Å². The van der Waals surface area contributed by atoms with Gasteiger partial charge in [-0.15, -0.1) is 0 Å². The topological polar surface area (TPSA) is 141 Å². The van der Waals surface area contributed by atoms with Gasteiger partial charge in [0, 0.05) is 5.92 Å². The number of fused-ring (bicyclic) bond motifs is 1. The number of carboxylic acid groups (broad SMARTS) is 1. The number of benzene rings is 1. The third-order valence-corrected chi connectivity index (χ3v) is 7.64. The number of aryl methyl sites for hydroxylation is 1. The molecule has 11 heteroatoms. The lowest BCUT2D eigenvalue weighted by Crippen LogP contribution is -2.19. The summed E-state index contributed by atoms with van der Waals surface area (Å²) in [5.74, 6) is 5.23. The second-order valence-corrected chi connectivity index (χ2v) is 10.2. The predicted molar refractivity (Wildman–Crippen MR) is 132 cm³/mol. The van der Waals surface area contributed by atoms with E-state index in [0.717, 1.165) is 28.8 Å². The highest BCUT2D eigenvalue weighted by atomic mass is 32.1. The van der Waals surface area contributed by atoms with Crippen molar-refractivity contribution in [3.05, 3.63) is 57.7 Å². The van der Waals surface area contributed by atoms with Crippen LogP contribution in [-0.2, 0) is 14.9 Å². The van der Waals surface area contributed by atoms with Crippen LogP contribution in [0.1, 0.15) is 78.1 Å². The molecule has 0 bridgehead atoms. The summed E-state index contributed by atoms with van der Waals surface area (Å²) in [6.45, 7) is 3.80. The minimum Gasteiger partial charge on any atom is -0.480 e. The Morgan fingerprint density at radius 3 is 2.62 bits per heavy atom. The molecule has 1 unspecified atom stereocenters. The Labute approximate surface area is 215 Å². The number of aromatic nitrogens is 3. The first-order chi connectivity index (χ1) is 17.8. The molecule has 2 aliphatic carbocycles. The lowest BCUT2D eigenvalue weighted by Gasteiger charge is -2.16. The minimum atomic E-state index is -1.08. The van der Waals surface area contributed by atoms with E-state index in [1.165, 1.54) is 11.5 Å². The summed E-state index contributed by atoms with van der Waals surface area (Å²) in [4.78, 5) is 33.6. The average molecular weight is 519 g/mol. The van der Waals surface area contributed by atoms with E-state index >= 15 is 0 Å². The van der Waals surface area contributed by atoms with Crippen molar-refractivity contribution in [1.82, 2.24) is 14.3 Å². The van der Waals surface area contributed by atoms with E-state index in [0.29, 0.717) is 30.1 Å². The van der Waals surface area contributed by atoms with Gasteiger partial charge in [0.05, 0.1) is 10.6 Å². The van der Waals surface area contributed by atoms with E-state index in [9.17, 15) is 14.7 Å². The van der Waals surface area contributed by atoms with Gasteiger partial charge < -0.3 is 18.7 Å². The summed E-state index contributed by atoms with van der Waals surface area (Å²) >= 11 is 1.30. The zero-order chi connectivity index (χ0) is 25.7. The van der Waals surface area contributed by atoms with Crippen LogP contribution in [0.15, 0.2) is 33.1 Å². The minimum absolute atomic E-state index is 0.0515. The maximum Gasteiger partial charge on any atom is 0.412 e. The van der Waals surface area contributed by atoms with Crippen LogP contribution in [-0.4, -0.2) is 31.5 Å². The molecule has 0 saturated heterocycles. The van der Waals surface area contributed by atoms with Crippen molar-refractivity contribution in [2.45, 2.75) is 57.0 Å². The molecule has 3 heterocycles. The molecule has 2 fully saturated rings. The maximum atomic E-state index is 12.8. The van der Waals surface area contributed by atoms with Crippen LogP contribution in [0.4, 0.5) is 10.5 Å². The van der Waals surface area contributed by atoms with Crippen LogP contribution < -0.4 is 5.32 Å². The van der Waals surface area contributed by atoms with Crippen molar-refractivity contribution in [1.29, 1.82) is 0 Å². The molecule has 3 aromatic heterocycles. The third-order valence-electron chi connectivity index (χ3n) is 6.64. The summed E-state index contributed by atoms with van der Waals surface area (Å²) in [6.07, 6.45) is 1.97. The smallest absolute Gasteiger partial charge is 0.412 e. The molecule has 0 radical (unpaired) electrons. The zero-order valence-electron chi connectivity index (χ0n) is 20.0. The van der Waals surface area contributed by atoms with Gasteiger partial charge >= 0.3 is 12.1 Å². The molecule has 6 rings (SSSR count). The lowest BCUT2D eigenvalue weighted by atomic mass is 10.1. The van der Waals surface area contributed by atoms with Crippen molar-refractivity contribution in [2.24, 2.45) is 0 Å². The number of ether oxygens (including phenoxy) is 1. The quantitative estimate of drug-likeness (QED) is 0.326. The van der Waals surface area contributed by atoms with Gasteiger partial charge in [0.25, 0.3) is 17.3 Å². The van der Waals surface area contributed by atoms with Crippen molar-refractivity contribution >= 4 is 40.7 Å². The Kier molecular flexibility index (Phi) is 5.49. The van der Waals surface area contributed by atoms with Crippen LogP contribution in [0.25, 0.3) is 11.4 Å². The number of hydrogen-bond donors (Lipinski definition) is 2. The van der Waals surface area contributed by atoms with Gasteiger partial charge in [0.2, 0.25) is 5.89 Å². The van der Waals surface area contributed by atoms with E-state index in [2.05, 4.69) is 31.5 Å². The summed E-state index contributed by atoms with van der Waals surface area (Å²) in [5.41, 5.74) is 2.00. The largest absolute Gasteiger partial charge is 0.480 e. The van der Waals surface area contributed by atoms with Gasteiger partial charge in [-0.2, -0.15) is 14.3 Å². The number of carbonyl (C=O) groups excluding carboxylic acids is 1. The highest BCUT2D eigenvalue weighted by Gasteiger charge is 2.56. The first kappa shape index (κ1) is 23.2. The highest BCUT2D eigenvalue weighted by molar-refractivity contribution is 7.06. The predicted octanol–water partition coefficient (Wildman–Crippen LogP) is 5.28. The van der Waals surface area contributed by atoms with Gasteiger partial charge in [-0.3, -0.25) is 10.1 Å². The Bertz CT molecular complexity index is 1570. The van der Waals surface area contributed by atoms with Gasteiger partial charge in [0.15, 0.2) is 5.69 Å². The Hall–Kier alpha value is -4.17. The van der Waals surface area contributed by atoms with Gasteiger partial charge in [-0.1, -0.05) is 24.3 Å². The number of anilines is 1. The number of carbonyl (C=O) groups is 2. The number of nitrogens with zero attached hydrogens (tertiary/aromatic N) is 3. The number of amides is 1. The van der Waals surface area contributed by atoms with Crippen molar-refractivity contribution in [3.8, 4) is 11.8 Å². The van der Waals surface area contributed by atoms with E-state index in [-0.39, 0.29) is 23.2 Å². The van der Waals surface area contributed by atoms with Crippen LogP contribution in [0.5, 0.6) is 0 Å². The van der Waals surface area contributed by atoms with E-state index in [1.807, 2.05) is 38.1 Å². The number of carboxylic acids is 1. The molecule has 1 atom stereocenters. The molecule has 10 nitrogen and oxygen atoms in total. The molecule has 37 heavy (non-hydrogen) atoms. The molecular formula is C26H22N4O6S. The van der Waals surface area contributed by atoms with Crippen molar-refractivity contribution in [3.63, 3.8) is 0 Å². The van der Waals surface area contributed by atoms with Gasteiger partial charge in [-0.05, 0) is 74.0 Å². The molecule has 0 aliphatic heterocycles. The summed E-state index contributed by atoms with van der Waals surface area (Å²) < 4.78 is 21.2. The maximum absolute atomic E-state index is 12.8. The third kappa shape index (κ3) is 4.34. The first-order valence-electron chi connectivity index (χ1n) is 11.9. The zero-order valence-corrected chi connectivity index (χ0v) is 20.8. The van der Waals surface area contributed by atoms with Gasteiger partial charge in [0.1, 0.15) is 11.5 Å². The van der Waals surface area contributed by atoms with Crippen molar-refractivity contribution < 1.29 is 28.3 Å². The van der Waals surface area contributed by atoms with E-state index < -0.39 is 23.6 Å². The molecule has 2 aliphatic rings. The Balaban J connectivity index is 1.21. The molecule has 4 aromatic rings. The number of oxazole rings is 2. The normalized spacial score (nSPS) is 16.6. The summed E-state index contributed by atoms with van der Waals surface area (Å²) in [6, 6.07) is 7.76. The van der Waals surface area contributed by atoms with Crippen LogP contribution >= 0.6 is 11.5 Å². The SMILES string of the molecule is Cc1ccccc1C(C)OC(=O)Nc1c(C#Cc2nc3oc(C4(C(=O)O)CC4)nc3o2)nsc1C1CC1. The molecule has 1 amide bonds. The number of nitrogens with one attached hydrogen (secondary N) is 1. The molecular weight excluding hydrogens is 496 g/mol. The standard InChI is InChI=1S/C26H22N4O6S/c1-13-5-3-4-6-16(13)14(2)34-25(33)28-19-17(30-37-20(19)15-7-8-15)9-10-18-27-21-22(35-18)29-23(36-21)26(11-12-26)24(31)32/h3-6,14-15H,7-8,11-12H2,1-2H3,(H,28,33)(H,31,32). The number of hydrogen-bond acceptors (Lipinski definition) is 9. The second kappa shape index (κ2) is 8.74. The number of aliphatic carboxylic acids is 1. The molecule has 2 saturated carbocycles.